The molecule has 17 heavy (non-hydrogen) atoms. The minimum atomic E-state index is -0.530. The van der Waals surface area contributed by atoms with Crippen molar-refractivity contribution in [3.05, 3.63) is 33.3 Å². The van der Waals surface area contributed by atoms with Crippen molar-refractivity contribution in [1.29, 1.82) is 0 Å². The highest BCUT2D eigenvalue weighted by Crippen LogP contribution is 2.27. The smallest absolute Gasteiger partial charge is 0.239 e. The van der Waals surface area contributed by atoms with Gasteiger partial charge in [-0.05, 0) is 37.1 Å². The highest BCUT2D eigenvalue weighted by atomic mass is 79.9. The predicted octanol–water partition coefficient (Wildman–Crippen LogP) is 3.02. The van der Waals surface area contributed by atoms with Gasteiger partial charge in [0.2, 0.25) is 5.91 Å². The first kappa shape index (κ1) is 14.5. The van der Waals surface area contributed by atoms with E-state index in [2.05, 4.69) is 21.2 Å². The topological polar surface area (TPSA) is 55.1 Å². The van der Waals surface area contributed by atoms with Crippen molar-refractivity contribution in [3.8, 4) is 0 Å². The fourth-order valence-corrected chi connectivity index (χ4v) is 2.12. The molecule has 0 aliphatic carbocycles. The van der Waals surface area contributed by atoms with Crippen molar-refractivity contribution in [2.45, 2.75) is 32.4 Å². The van der Waals surface area contributed by atoms with Crippen molar-refractivity contribution < 1.29 is 4.79 Å². The van der Waals surface area contributed by atoms with Crippen molar-refractivity contribution in [1.82, 2.24) is 5.32 Å². The van der Waals surface area contributed by atoms with Crippen LogP contribution in [-0.4, -0.2) is 11.9 Å². The standard InChI is InChI=1S/C12H16BrClN2O/c1-3-7(2)16-11(12(15)17)9-6-8(14)4-5-10(9)13/h4-7,11,16H,3H2,1-2H3,(H2,15,17). The Balaban J connectivity index is 3.05. The normalized spacial score (nSPS) is 14.4. The van der Waals surface area contributed by atoms with Crippen LogP contribution in [0.15, 0.2) is 22.7 Å². The maximum atomic E-state index is 11.5. The average molecular weight is 320 g/mol. The van der Waals surface area contributed by atoms with E-state index in [1.54, 1.807) is 12.1 Å². The lowest BCUT2D eigenvalue weighted by atomic mass is 10.0. The SMILES string of the molecule is CCC(C)NC(C(N)=O)c1cc(Cl)ccc1Br. The highest BCUT2D eigenvalue weighted by Gasteiger charge is 2.21. The summed E-state index contributed by atoms with van der Waals surface area (Å²) in [7, 11) is 0. The minimum absolute atomic E-state index is 0.207. The zero-order chi connectivity index (χ0) is 13.0. The number of hydrogen-bond donors (Lipinski definition) is 2. The molecule has 0 bridgehead atoms. The van der Waals surface area contributed by atoms with Crippen molar-refractivity contribution in [2.75, 3.05) is 0 Å². The molecular formula is C12H16BrClN2O. The number of rotatable bonds is 5. The zero-order valence-electron chi connectivity index (χ0n) is 9.84. The molecule has 0 aliphatic heterocycles. The summed E-state index contributed by atoms with van der Waals surface area (Å²) in [6, 6.07) is 5.00. The number of nitrogens with two attached hydrogens (primary N) is 1. The van der Waals surface area contributed by atoms with Crippen LogP contribution in [0.4, 0.5) is 0 Å². The van der Waals surface area contributed by atoms with Crippen LogP contribution < -0.4 is 11.1 Å². The maximum Gasteiger partial charge on any atom is 0.239 e. The Bertz CT molecular complexity index is 411. The lowest BCUT2D eigenvalue weighted by Crippen LogP contribution is -2.38. The molecular weight excluding hydrogens is 304 g/mol. The monoisotopic (exact) mass is 318 g/mol. The van der Waals surface area contributed by atoms with Crippen LogP contribution in [0, 0.1) is 0 Å². The molecule has 3 nitrogen and oxygen atoms in total. The largest absolute Gasteiger partial charge is 0.368 e. The first-order valence-corrected chi connectivity index (χ1v) is 6.63. The number of carbonyl (C=O) groups is 1. The van der Waals surface area contributed by atoms with E-state index in [4.69, 9.17) is 17.3 Å². The molecule has 0 fully saturated rings. The maximum absolute atomic E-state index is 11.5. The van der Waals surface area contributed by atoms with Gasteiger partial charge in [0.15, 0.2) is 0 Å². The van der Waals surface area contributed by atoms with E-state index in [9.17, 15) is 4.79 Å². The summed E-state index contributed by atoms with van der Waals surface area (Å²) in [5, 5.41) is 3.77. The average Bonchev–Trinajstić information content (AvgIpc) is 2.28. The van der Waals surface area contributed by atoms with Crippen LogP contribution in [-0.2, 0) is 4.79 Å². The van der Waals surface area contributed by atoms with E-state index in [-0.39, 0.29) is 6.04 Å². The summed E-state index contributed by atoms with van der Waals surface area (Å²) in [6.07, 6.45) is 0.919. The number of halogens is 2. The molecule has 0 heterocycles. The third-order valence-electron chi connectivity index (χ3n) is 2.62. The van der Waals surface area contributed by atoms with E-state index >= 15 is 0 Å². The molecule has 2 unspecified atom stereocenters. The lowest BCUT2D eigenvalue weighted by molar-refractivity contribution is -0.120. The zero-order valence-corrected chi connectivity index (χ0v) is 12.2. The lowest BCUT2D eigenvalue weighted by Gasteiger charge is -2.21. The van der Waals surface area contributed by atoms with Gasteiger partial charge in [0.25, 0.3) is 0 Å². The molecule has 5 heteroatoms. The van der Waals surface area contributed by atoms with Crippen molar-refractivity contribution in [2.24, 2.45) is 5.73 Å². The number of primary amides is 1. The molecule has 0 aliphatic rings. The fraction of sp³-hybridized carbons (Fsp3) is 0.417. The molecule has 94 valence electrons. The summed E-state index contributed by atoms with van der Waals surface area (Å²) in [4.78, 5) is 11.5. The summed E-state index contributed by atoms with van der Waals surface area (Å²) in [5.74, 6) is -0.409. The van der Waals surface area contributed by atoms with Gasteiger partial charge in [0.05, 0.1) is 0 Å². The third-order valence-corrected chi connectivity index (χ3v) is 3.57. The number of carbonyl (C=O) groups excluding carboxylic acids is 1. The van der Waals surface area contributed by atoms with Gasteiger partial charge in [-0.3, -0.25) is 10.1 Å². The fourth-order valence-electron chi connectivity index (χ4n) is 1.46. The van der Waals surface area contributed by atoms with Crippen LogP contribution in [0.2, 0.25) is 5.02 Å². The van der Waals surface area contributed by atoms with Gasteiger partial charge >= 0.3 is 0 Å². The number of hydrogen-bond acceptors (Lipinski definition) is 2. The van der Waals surface area contributed by atoms with E-state index in [1.165, 1.54) is 0 Å². The quantitative estimate of drug-likeness (QED) is 0.876. The van der Waals surface area contributed by atoms with Crippen LogP contribution in [0.25, 0.3) is 0 Å². The van der Waals surface area contributed by atoms with Gasteiger partial charge in [-0.25, -0.2) is 0 Å². The van der Waals surface area contributed by atoms with E-state index in [0.29, 0.717) is 5.02 Å². The third kappa shape index (κ3) is 3.98. The molecule has 0 spiro atoms. The second kappa shape index (κ2) is 6.38. The van der Waals surface area contributed by atoms with Gasteiger partial charge in [0, 0.05) is 15.5 Å². The summed E-state index contributed by atoms with van der Waals surface area (Å²) < 4.78 is 0.821. The molecule has 3 N–H and O–H groups in total. The molecule has 2 atom stereocenters. The molecule has 1 amide bonds. The minimum Gasteiger partial charge on any atom is -0.368 e. The molecule has 1 aromatic rings. The molecule has 0 saturated carbocycles. The summed E-state index contributed by atoms with van der Waals surface area (Å²) in [6.45, 7) is 4.05. The van der Waals surface area contributed by atoms with Crippen LogP contribution in [0.3, 0.4) is 0 Å². The Hall–Kier alpha value is -0.580. The second-order valence-electron chi connectivity index (χ2n) is 3.98. The van der Waals surface area contributed by atoms with Gasteiger partial charge in [-0.2, -0.15) is 0 Å². The first-order chi connectivity index (χ1) is 7.95. The Kier molecular flexibility index (Phi) is 5.43. The molecule has 1 rings (SSSR count). The molecule has 0 saturated heterocycles. The van der Waals surface area contributed by atoms with Crippen LogP contribution in [0.5, 0.6) is 0 Å². The van der Waals surface area contributed by atoms with Gasteiger partial charge in [-0.1, -0.05) is 34.5 Å². The van der Waals surface area contributed by atoms with E-state index in [1.807, 2.05) is 19.9 Å². The van der Waals surface area contributed by atoms with Crippen LogP contribution in [0.1, 0.15) is 31.9 Å². The van der Waals surface area contributed by atoms with Crippen LogP contribution >= 0.6 is 27.5 Å². The summed E-state index contributed by atoms with van der Waals surface area (Å²) in [5.41, 5.74) is 6.19. The Morgan fingerprint density at radius 3 is 2.76 bits per heavy atom. The number of nitrogens with one attached hydrogen (secondary N) is 1. The molecule has 0 radical (unpaired) electrons. The van der Waals surface area contributed by atoms with Gasteiger partial charge < -0.3 is 5.73 Å². The molecule has 1 aromatic carbocycles. The predicted molar refractivity (Wildman–Crippen MR) is 74.0 cm³/mol. The van der Waals surface area contributed by atoms with Gasteiger partial charge in [0.1, 0.15) is 6.04 Å². The number of benzene rings is 1. The Labute approximate surface area is 115 Å². The Morgan fingerprint density at radius 1 is 1.59 bits per heavy atom. The van der Waals surface area contributed by atoms with Crippen molar-refractivity contribution >= 4 is 33.4 Å². The van der Waals surface area contributed by atoms with Crippen molar-refractivity contribution in [3.63, 3.8) is 0 Å². The highest BCUT2D eigenvalue weighted by molar-refractivity contribution is 9.10. The molecule has 0 aromatic heterocycles. The Morgan fingerprint density at radius 2 is 2.24 bits per heavy atom. The first-order valence-electron chi connectivity index (χ1n) is 5.46. The summed E-state index contributed by atoms with van der Waals surface area (Å²) >= 11 is 9.34. The van der Waals surface area contributed by atoms with Gasteiger partial charge in [-0.15, -0.1) is 0 Å². The van der Waals surface area contributed by atoms with E-state index in [0.717, 1.165) is 16.5 Å². The van der Waals surface area contributed by atoms with E-state index < -0.39 is 11.9 Å². The second-order valence-corrected chi connectivity index (χ2v) is 5.27. The number of amides is 1.